The number of ether oxygens (including phenoxy) is 1. The topological polar surface area (TPSA) is 34.1 Å². The molecule has 4 heteroatoms. The zero-order valence-electron chi connectivity index (χ0n) is 10.2. The predicted octanol–water partition coefficient (Wildman–Crippen LogP) is 3.48. The minimum atomic E-state index is 0.505. The monoisotopic (exact) mass is 254 g/mol. The maximum atomic E-state index is 6.08. The van der Waals surface area contributed by atoms with Gasteiger partial charge in [0.15, 0.2) is 0 Å². The minimum Gasteiger partial charge on any atom is -0.375 e. The molecule has 94 valence electrons. The summed E-state index contributed by atoms with van der Waals surface area (Å²) in [7, 11) is 1.85. The van der Waals surface area contributed by atoms with Gasteiger partial charge in [-0.15, -0.1) is 0 Å². The third-order valence-electron chi connectivity index (χ3n) is 3.24. The highest BCUT2D eigenvalue weighted by Crippen LogP contribution is 2.25. The van der Waals surface area contributed by atoms with Gasteiger partial charge < -0.3 is 10.1 Å². The fourth-order valence-electron chi connectivity index (χ4n) is 2.22. The van der Waals surface area contributed by atoms with E-state index in [0.29, 0.717) is 11.6 Å². The number of hydrogen-bond donors (Lipinski definition) is 1. The van der Waals surface area contributed by atoms with Crippen LogP contribution < -0.4 is 5.32 Å². The molecule has 1 aromatic rings. The summed E-state index contributed by atoms with van der Waals surface area (Å²) in [6.07, 6.45) is 5.31. The van der Waals surface area contributed by atoms with Gasteiger partial charge in [-0.3, -0.25) is 0 Å². The summed E-state index contributed by atoms with van der Waals surface area (Å²) in [6, 6.07) is 3.72. The number of hydrogen-bond acceptors (Lipinski definition) is 3. The second-order valence-corrected chi connectivity index (χ2v) is 4.95. The lowest BCUT2D eigenvalue weighted by Gasteiger charge is -2.11. The van der Waals surface area contributed by atoms with Gasteiger partial charge in [-0.1, -0.05) is 24.4 Å². The van der Waals surface area contributed by atoms with Crippen molar-refractivity contribution in [3.8, 4) is 0 Å². The van der Waals surface area contributed by atoms with Crippen LogP contribution in [-0.4, -0.2) is 18.6 Å². The maximum Gasteiger partial charge on any atom is 0.126 e. The molecule has 0 radical (unpaired) electrons. The molecule has 3 nitrogen and oxygen atoms in total. The van der Waals surface area contributed by atoms with Crippen LogP contribution in [0.15, 0.2) is 12.1 Å². The first-order valence-electron chi connectivity index (χ1n) is 6.20. The van der Waals surface area contributed by atoms with Gasteiger partial charge in [0.2, 0.25) is 0 Å². The van der Waals surface area contributed by atoms with Gasteiger partial charge in [-0.05, 0) is 30.9 Å². The van der Waals surface area contributed by atoms with Gasteiger partial charge in [-0.25, -0.2) is 4.98 Å². The van der Waals surface area contributed by atoms with Crippen molar-refractivity contribution in [2.24, 2.45) is 5.92 Å². The molecular weight excluding hydrogens is 236 g/mol. The zero-order chi connectivity index (χ0) is 12.1. The Balaban J connectivity index is 1.84. The Morgan fingerprint density at radius 3 is 2.88 bits per heavy atom. The van der Waals surface area contributed by atoms with Gasteiger partial charge in [0.05, 0.1) is 17.3 Å². The van der Waals surface area contributed by atoms with Crippen LogP contribution in [0.3, 0.4) is 0 Å². The smallest absolute Gasteiger partial charge is 0.126 e. The molecular formula is C13H19ClN2O. The summed E-state index contributed by atoms with van der Waals surface area (Å²) < 4.78 is 5.71. The van der Waals surface area contributed by atoms with Crippen LogP contribution in [0.25, 0.3) is 0 Å². The molecule has 1 saturated carbocycles. The number of halogens is 1. The van der Waals surface area contributed by atoms with E-state index < -0.39 is 0 Å². The molecule has 2 rings (SSSR count). The molecule has 17 heavy (non-hydrogen) atoms. The van der Waals surface area contributed by atoms with E-state index in [-0.39, 0.29) is 0 Å². The standard InChI is InChI=1S/C13H19ClN2O/c1-15-13-7-6-11(14)12(16-13)9-17-8-10-4-2-3-5-10/h6-7,10H,2-5,8-9H2,1H3,(H,15,16). The van der Waals surface area contributed by atoms with E-state index in [2.05, 4.69) is 10.3 Å². The number of anilines is 1. The lowest BCUT2D eigenvalue weighted by Crippen LogP contribution is -2.07. The lowest BCUT2D eigenvalue weighted by molar-refractivity contribution is 0.0868. The highest BCUT2D eigenvalue weighted by molar-refractivity contribution is 6.31. The Labute approximate surface area is 108 Å². The summed E-state index contributed by atoms with van der Waals surface area (Å²) in [4.78, 5) is 4.39. The first-order chi connectivity index (χ1) is 8.29. The minimum absolute atomic E-state index is 0.505. The fraction of sp³-hybridized carbons (Fsp3) is 0.615. The average Bonchev–Trinajstić information content (AvgIpc) is 2.84. The maximum absolute atomic E-state index is 6.08. The first-order valence-corrected chi connectivity index (χ1v) is 6.58. The molecule has 0 bridgehead atoms. The lowest BCUT2D eigenvalue weighted by atomic mass is 10.1. The van der Waals surface area contributed by atoms with Crippen molar-refractivity contribution in [3.05, 3.63) is 22.8 Å². The van der Waals surface area contributed by atoms with Crippen molar-refractivity contribution >= 4 is 17.4 Å². The van der Waals surface area contributed by atoms with E-state index in [1.807, 2.05) is 19.2 Å². The molecule has 1 heterocycles. The Hall–Kier alpha value is -0.800. The quantitative estimate of drug-likeness (QED) is 0.874. The van der Waals surface area contributed by atoms with Gasteiger partial charge in [-0.2, -0.15) is 0 Å². The van der Waals surface area contributed by atoms with E-state index in [1.54, 1.807) is 0 Å². The third kappa shape index (κ3) is 3.58. The average molecular weight is 255 g/mol. The Morgan fingerprint density at radius 2 is 2.18 bits per heavy atom. The van der Waals surface area contributed by atoms with Gasteiger partial charge >= 0.3 is 0 Å². The Bertz CT molecular complexity index is 364. The van der Waals surface area contributed by atoms with Crippen LogP contribution >= 0.6 is 11.6 Å². The van der Waals surface area contributed by atoms with Gasteiger partial charge in [0.25, 0.3) is 0 Å². The summed E-state index contributed by atoms with van der Waals surface area (Å²) >= 11 is 6.08. The Morgan fingerprint density at radius 1 is 1.41 bits per heavy atom. The van der Waals surface area contributed by atoms with Crippen molar-refractivity contribution in [1.29, 1.82) is 0 Å². The van der Waals surface area contributed by atoms with Crippen LogP contribution in [-0.2, 0) is 11.3 Å². The number of aromatic nitrogens is 1. The van der Waals surface area contributed by atoms with Crippen molar-refractivity contribution in [2.75, 3.05) is 19.0 Å². The van der Waals surface area contributed by atoms with Crippen LogP contribution in [0.5, 0.6) is 0 Å². The highest BCUT2D eigenvalue weighted by atomic mass is 35.5. The second-order valence-electron chi connectivity index (χ2n) is 4.54. The Kier molecular flexibility index (Phi) is 4.63. The van der Waals surface area contributed by atoms with Crippen molar-refractivity contribution in [2.45, 2.75) is 32.3 Å². The van der Waals surface area contributed by atoms with Crippen LogP contribution in [0, 0.1) is 5.92 Å². The molecule has 1 N–H and O–H groups in total. The molecule has 0 saturated heterocycles. The molecule has 0 atom stereocenters. The van der Waals surface area contributed by atoms with E-state index in [0.717, 1.165) is 24.0 Å². The van der Waals surface area contributed by atoms with Crippen molar-refractivity contribution in [1.82, 2.24) is 4.98 Å². The van der Waals surface area contributed by atoms with Crippen molar-refractivity contribution < 1.29 is 4.74 Å². The molecule has 0 aromatic carbocycles. The zero-order valence-corrected chi connectivity index (χ0v) is 11.0. The summed E-state index contributed by atoms with van der Waals surface area (Å²) in [5.41, 5.74) is 0.816. The van der Waals surface area contributed by atoms with Crippen molar-refractivity contribution in [3.63, 3.8) is 0 Å². The highest BCUT2D eigenvalue weighted by Gasteiger charge is 2.15. The third-order valence-corrected chi connectivity index (χ3v) is 3.59. The van der Waals surface area contributed by atoms with E-state index in [1.165, 1.54) is 25.7 Å². The number of pyridine rings is 1. The molecule has 0 unspecified atom stereocenters. The van der Waals surface area contributed by atoms with Gasteiger partial charge in [0, 0.05) is 13.7 Å². The summed E-state index contributed by atoms with van der Waals surface area (Å²) in [5, 5.41) is 3.68. The van der Waals surface area contributed by atoms with E-state index in [4.69, 9.17) is 16.3 Å². The largest absolute Gasteiger partial charge is 0.375 e. The summed E-state index contributed by atoms with van der Waals surface area (Å²) in [5.74, 6) is 1.56. The number of nitrogens with one attached hydrogen (secondary N) is 1. The molecule has 1 aliphatic carbocycles. The van der Waals surface area contributed by atoms with Crippen LogP contribution in [0.1, 0.15) is 31.4 Å². The van der Waals surface area contributed by atoms with E-state index in [9.17, 15) is 0 Å². The second kappa shape index (κ2) is 6.22. The predicted molar refractivity (Wildman–Crippen MR) is 70.4 cm³/mol. The first kappa shape index (κ1) is 12.7. The molecule has 0 spiro atoms. The molecule has 1 aliphatic rings. The SMILES string of the molecule is CNc1ccc(Cl)c(COCC2CCCC2)n1. The number of nitrogens with zero attached hydrogens (tertiary/aromatic N) is 1. The van der Waals surface area contributed by atoms with Crippen LogP contribution in [0.4, 0.5) is 5.82 Å². The molecule has 1 aromatic heterocycles. The molecule has 0 aliphatic heterocycles. The summed E-state index contributed by atoms with van der Waals surface area (Å²) in [6.45, 7) is 1.34. The van der Waals surface area contributed by atoms with E-state index >= 15 is 0 Å². The van der Waals surface area contributed by atoms with Crippen LogP contribution in [0.2, 0.25) is 5.02 Å². The molecule has 1 fully saturated rings. The van der Waals surface area contributed by atoms with Gasteiger partial charge in [0.1, 0.15) is 5.82 Å². The number of rotatable bonds is 5. The normalized spacial score (nSPS) is 16.4. The molecule has 0 amide bonds. The fourth-order valence-corrected chi connectivity index (χ4v) is 2.38.